The molecule has 0 heterocycles. The summed E-state index contributed by atoms with van der Waals surface area (Å²) < 4.78 is 15.0. The highest BCUT2D eigenvalue weighted by atomic mass is 79.9. The number of aliphatic hydroxyl groups is 1. The topological polar surface area (TPSA) is 46.2 Å². The molecule has 112 valence electrons. The summed E-state index contributed by atoms with van der Waals surface area (Å²) in [6.45, 7) is 2.07. The lowest BCUT2D eigenvalue weighted by Crippen LogP contribution is -2.21. The molecule has 2 rings (SSSR count). The van der Waals surface area contributed by atoms with Gasteiger partial charge in [-0.1, -0.05) is 51.8 Å². The number of nitrogens with two attached hydrogens (primary N) is 1. The normalized spacial score (nSPS) is 14.0. The molecule has 0 radical (unpaired) electrons. The fourth-order valence-electron chi connectivity index (χ4n) is 2.26. The summed E-state index contributed by atoms with van der Waals surface area (Å²) >= 11 is 9.24. The number of benzene rings is 2. The van der Waals surface area contributed by atoms with Crippen molar-refractivity contribution in [3.63, 3.8) is 0 Å². The molecule has 2 nitrogen and oxygen atoms in total. The van der Waals surface area contributed by atoms with E-state index in [2.05, 4.69) is 15.9 Å². The molecular formula is C16H16BrClFNO. The van der Waals surface area contributed by atoms with E-state index in [1.54, 1.807) is 12.1 Å². The van der Waals surface area contributed by atoms with Crippen LogP contribution in [-0.2, 0) is 0 Å². The molecule has 0 saturated heterocycles. The first kappa shape index (κ1) is 16.4. The second-order valence-corrected chi connectivity index (χ2v) is 6.20. The molecule has 3 N–H and O–H groups in total. The Morgan fingerprint density at radius 1 is 1.33 bits per heavy atom. The van der Waals surface area contributed by atoms with Gasteiger partial charge in [0, 0.05) is 16.9 Å². The largest absolute Gasteiger partial charge is 0.388 e. The molecule has 0 aromatic heterocycles. The highest BCUT2D eigenvalue weighted by molar-refractivity contribution is 9.10. The predicted octanol–water partition coefficient (Wildman–Crippen LogP) is 4.33. The summed E-state index contributed by atoms with van der Waals surface area (Å²) in [5.74, 6) is -1.09. The lowest BCUT2D eigenvalue weighted by Gasteiger charge is -2.23. The van der Waals surface area contributed by atoms with E-state index in [9.17, 15) is 9.50 Å². The van der Waals surface area contributed by atoms with E-state index in [4.69, 9.17) is 17.3 Å². The van der Waals surface area contributed by atoms with Gasteiger partial charge in [-0.25, -0.2) is 4.39 Å². The highest BCUT2D eigenvalue weighted by Crippen LogP contribution is 2.35. The summed E-state index contributed by atoms with van der Waals surface area (Å²) in [6, 6.07) is 10.3. The molecule has 0 aliphatic heterocycles. The van der Waals surface area contributed by atoms with E-state index < -0.39 is 17.8 Å². The number of rotatable bonds is 4. The minimum absolute atomic E-state index is 0.0308. The third-order valence-corrected chi connectivity index (χ3v) is 4.70. The van der Waals surface area contributed by atoms with Gasteiger partial charge in [0.15, 0.2) is 0 Å². The van der Waals surface area contributed by atoms with Crippen LogP contribution < -0.4 is 5.73 Å². The van der Waals surface area contributed by atoms with Gasteiger partial charge in [-0.2, -0.15) is 0 Å². The van der Waals surface area contributed by atoms with E-state index in [1.807, 2.05) is 25.1 Å². The average Bonchev–Trinajstić information content (AvgIpc) is 2.47. The van der Waals surface area contributed by atoms with E-state index in [0.717, 1.165) is 10.0 Å². The Hall–Kier alpha value is -0.940. The van der Waals surface area contributed by atoms with E-state index >= 15 is 0 Å². The van der Waals surface area contributed by atoms with Crippen LogP contribution in [0, 0.1) is 12.7 Å². The maximum atomic E-state index is 14.2. The molecule has 0 fully saturated rings. The first-order chi connectivity index (χ1) is 9.95. The molecule has 0 saturated carbocycles. The lowest BCUT2D eigenvalue weighted by atomic mass is 9.88. The minimum Gasteiger partial charge on any atom is -0.388 e. The molecule has 2 unspecified atom stereocenters. The Balaban J connectivity index is 2.40. The van der Waals surface area contributed by atoms with Gasteiger partial charge in [0.25, 0.3) is 0 Å². The van der Waals surface area contributed by atoms with Crippen molar-refractivity contribution in [1.29, 1.82) is 0 Å². The SMILES string of the molecule is Cc1ccc(C(O)C(CN)c2cccc(Cl)c2F)cc1Br. The second kappa shape index (κ2) is 6.88. The number of halogens is 3. The van der Waals surface area contributed by atoms with E-state index in [0.29, 0.717) is 11.1 Å². The minimum atomic E-state index is -0.903. The monoisotopic (exact) mass is 371 g/mol. The molecule has 0 bridgehead atoms. The van der Waals surface area contributed by atoms with Gasteiger partial charge in [0.1, 0.15) is 5.82 Å². The van der Waals surface area contributed by atoms with Crippen LogP contribution in [0.2, 0.25) is 5.02 Å². The van der Waals surface area contributed by atoms with Crippen LogP contribution in [0.3, 0.4) is 0 Å². The molecular weight excluding hydrogens is 357 g/mol. The van der Waals surface area contributed by atoms with E-state index in [-0.39, 0.29) is 11.6 Å². The molecule has 2 atom stereocenters. The van der Waals surface area contributed by atoms with Crippen LogP contribution in [-0.4, -0.2) is 11.7 Å². The summed E-state index contributed by atoms with van der Waals surface area (Å²) in [4.78, 5) is 0. The standard InChI is InChI=1S/C16H16BrClFNO/c1-9-5-6-10(7-13(9)17)16(21)12(8-20)11-3-2-4-14(18)15(11)19/h2-7,12,16,21H,8,20H2,1H3. The van der Waals surface area contributed by atoms with Crippen molar-refractivity contribution in [2.24, 2.45) is 5.73 Å². The number of aliphatic hydroxyl groups excluding tert-OH is 1. The number of hydrogen-bond donors (Lipinski definition) is 2. The highest BCUT2D eigenvalue weighted by Gasteiger charge is 2.25. The average molecular weight is 373 g/mol. The van der Waals surface area contributed by atoms with Gasteiger partial charge in [-0.3, -0.25) is 0 Å². The van der Waals surface area contributed by atoms with E-state index in [1.165, 1.54) is 6.07 Å². The van der Waals surface area contributed by atoms with Gasteiger partial charge in [0.2, 0.25) is 0 Å². The zero-order chi connectivity index (χ0) is 15.6. The number of hydrogen-bond acceptors (Lipinski definition) is 2. The van der Waals surface area contributed by atoms with Crippen LogP contribution in [0.5, 0.6) is 0 Å². The van der Waals surface area contributed by atoms with Gasteiger partial charge in [-0.05, 0) is 35.7 Å². The first-order valence-electron chi connectivity index (χ1n) is 6.53. The Morgan fingerprint density at radius 3 is 2.67 bits per heavy atom. The van der Waals surface area contributed by atoms with Gasteiger partial charge < -0.3 is 10.8 Å². The predicted molar refractivity (Wildman–Crippen MR) is 87.0 cm³/mol. The van der Waals surface area contributed by atoms with Crippen LogP contribution in [0.1, 0.15) is 28.7 Å². The van der Waals surface area contributed by atoms with Crippen molar-refractivity contribution in [3.8, 4) is 0 Å². The van der Waals surface area contributed by atoms with Crippen molar-refractivity contribution < 1.29 is 9.50 Å². The second-order valence-electron chi connectivity index (χ2n) is 4.94. The van der Waals surface area contributed by atoms with Crippen molar-refractivity contribution in [3.05, 3.63) is 68.4 Å². The quantitative estimate of drug-likeness (QED) is 0.839. The maximum Gasteiger partial charge on any atom is 0.145 e. The lowest BCUT2D eigenvalue weighted by molar-refractivity contribution is 0.145. The van der Waals surface area contributed by atoms with Gasteiger partial charge in [0.05, 0.1) is 11.1 Å². The zero-order valence-electron chi connectivity index (χ0n) is 11.5. The fourth-order valence-corrected chi connectivity index (χ4v) is 2.84. The Morgan fingerprint density at radius 2 is 2.05 bits per heavy atom. The summed E-state index contributed by atoms with van der Waals surface area (Å²) in [5.41, 5.74) is 7.82. The molecule has 2 aromatic carbocycles. The van der Waals surface area contributed by atoms with Crippen LogP contribution in [0.15, 0.2) is 40.9 Å². The van der Waals surface area contributed by atoms with Gasteiger partial charge >= 0.3 is 0 Å². The van der Waals surface area contributed by atoms with Crippen LogP contribution in [0.25, 0.3) is 0 Å². The Labute approximate surface area is 136 Å². The fraction of sp³-hybridized carbons (Fsp3) is 0.250. The molecule has 21 heavy (non-hydrogen) atoms. The summed E-state index contributed by atoms with van der Waals surface area (Å²) in [6.07, 6.45) is -0.903. The molecule has 0 amide bonds. The third kappa shape index (κ3) is 3.46. The van der Waals surface area contributed by atoms with Crippen LogP contribution >= 0.6 is 27.5 Å². The number of aryl methyl sites for hydroxylation is 1. The summed E-state index contributed by atoms with van der Waals surface area (Å²) in [5, 5.41) is 10.6. The van der Waals surface area contributed by atoms with Crippen molar-refractivity contribution >= 4 is 27.5 Å². The maximum absolute atomic E-state index is 14.2. The first-order valence-corrected chi connectivity index (χ1v) is 7.71. The Bertz CT molecular complexity index is 650. The van der Waals surface area contributed by atoms with Gasteiger partial charge in [-0.15, -0.1) is 0 Å². The Kier molecular flexibility index (Phi) is 5.38. The summed E-state index contributed by atoms with van der Waals surface area (Å²) in [7, 11) is 0. The van der Waals surface area contributed by atoms with Crippen molar-refractivity contribution in [2.45, 2.75) is 18.9 Å². The molecule has 0 aliphatic carbocycles. The van der Waals surface area contributed by atoms with Crippen LogP contribution in [0.4, 0.5) is 4.39 Å². The molecule has 0 aliphatic rings. The zero-order valence-corrected chi connectivity index (χ0v) is 13.8. The van der Waals surface area contributed by atoms with Crippen molar-refractivity contribution in [2.75, 3.05) is 6.54 Å². The third-order valence-electron chi connectivity index (χ3n) is 3.55. The molecule has 2 aromatic rings. The molecule has 0 spiro atoms. The molecule has 5 heteroatoms. The smallest absolute Gasteiger partial charge is 0.145 e. The van der Waals surface area contributed by atoms with Crippen molar-refractivity contribution in [1.82, 2.24) is 0 Å².